The topological polar surface area (TPSA) is 88.9 Å². The summed E-state index contributed by atoms with van der Waals surface area (Å²) in [5, 5.41) is 15.9. The highest BCUT2D eigenvalue weighted by Crippen LogP contribution is 2.06. The highest BCUT2D eigenvalue weighted by Gasteiger charge is 2.05. The summed E-state index contributed by atoms with van der Waals surface area (Å²) in [6.45, 7) is 0. The fourth-order valence-electron chi connectivity index (χ4n) is 0.911. The summed E-state index contributed by atoms with van der Waals surface area (Å²) in [4.78, 5) is 18.0. The number of aromatic nitrogens is 4. The van der Waals surface area contributed by atoms with E-state index in [0.717, 1.165) is 0 Å². The minimum absolute atomic E-state index is 0.0481. The highest BCUT2D eigenvalue weighted by molar-refractivity contribution is 5.89. The molecular formula is C7H4N4O2. The summed E-state index contributed by atoms with van der Waals surface area (Å²) in [6.07, 6.45) is 2.59. The molecule has 2 heterocycles. The van der Waals surface area contributed by atoms with Gasteiger partial charge in [0.1, 0.15) is 17.5 Å². The summed E-state index contributed by atoms with van der Waals surface area (Å²) in [5.41, 5.74) is 0.905. The SMILES string of the molecule is O=C(O)c1cc2ncnnc2cn1. The largest absolute Gasteiger partial charge is 0.477 e. The van der Waals surface area contributed by atoms with E-state index >= 15 is 0 Å². The summed E-state index contributed by atoms with van der Waals surface area (Å²) >= 11 is 0. The Morgan fingerprint density at radius 1 is 1.31 bits per heavy atom. The molecule has 6 nitrogen and oxygen atoms in total. The van der Waals surface area contributed by atoms with Crippen LogP contribution in [0.25, 0.3) is 11.0 Å². The van der Waals surface area contributed by atoms with E-state index in [1.54, 1.807) is 0 Å². The Balaban J connectivity index is 2.69. The van der Waals surface area contributed by atoms with Gasteiger partial charge in [0.25, 0.3) is 0 Å². The molecule has 13 heavy (non-hydrogen) atoms. The fraction of sp³-hybridized carbons (Fsp3) is 0. The van der Waals surface area contributed by atoms with Crippen LogP contribution in [0.15, 0.2) is 18.6 Å². The van der Waals surface area contributed by atoms with Gasteiger partial charge in [-0.15, -0.1) is 10.2 Å². The molecule has 2 aromatic rings. The van der Waals surface area contributed by atoms with Crippen molar-refractivity contribution in [1.29, 1.82) is 0 Å². The molecule has 0 aromatic carbocycles. The first-order valence-corrected chi connectivity index (χ1v) is 3.44. The third kappa shape index (κ3) is 1.28. The number of carbonyl (C=O) groups is 1. The van der Waals surface area contributed by atoms with Crippen molar-refractivity contribution in [3.05, 3.63) is 24.3 Å². The summed E-state index contributed by atoms with van der Waals surface area (Å²) in [5.74, 6) is -1.08. The predicted octanol–water partition coefficient (Wildman–Crippen LogP) is 0.118. The molecule has 0 fully saturated rings. The predicted molar refractivity (Wildman–Crippen MR) is 42.1 cm³/mol. The Hall–Kier alpha value is -2.11. The Labute approximate surface area is 72.3 Å². The van der Waals surface area contributed by atoms with Gasteiger partial charge in [0.15, 0.2) is 0 Å². The van der Waals surface area contributed by atoms with Crippen molar-refractivity contribution in [1.82, 2.24) is 20.2 Å². The van der Waals surface area contributed by atoms with Gasteiger partial charge in [-0.3, -0.25) is 0 Å². The maximum atomic E-state index is 10.5. The van der Waals surface area contributed by atoms with E-state index < -0.39 is 5.97 Å². The van der Waals surface area contributed by atoms with Gasteiger partial charge in [0, 0.05) is 0 Å². The van der Waals surface area contributed by atoms with Crippen molar-refractivity contribution >= 4 is 17.0 Å². The number of fused-ring (bicyclic) bond motifs is 1. The van der Waals surface area contributed by atoms with Crippen LogP contribution >= 0.6 is 0 Å². The van der Waals surface area contributed by atoms with E-state index in [1.165, 1.54) is 18.6 Å². The van der Waals surface area contributed by atoms with Gasteiger partial charge in [-0.25, -0.2) is 14.8 Å². The zero-order valence-electron chi connectivity index (χ0n) is 6.38. The Morgan fingerprint density at radius 2 is 2.15 bits per heavy atom. The number of hydrogen-bond acceptors (Lipinski definition) is 5. The highest BCUT2D eigenvalue weighted by atomic mass is 16.4. The quantitative estimate of drug-likeness (QED) is 0.663. The zero-order chi connectivity index (χ0) is 9.26. The van der Waals surface area contributed by atoms with Gasteiger partial charge < -0.3 is 5.11 Å². The molecule has 0 spiro atoms. The van der Waals surface area contributed by atoms with Crippen LogP contribution in [-0.4, -0.2) is 31.2 Å². The minimum atomic E-state index is -1.08. The summed E-state index contributed by atoms with van der Waals surface area (Å²) < 4.78 is 0. The molecule has 1 N–H and O–H groups in total. The molecule has 0 aliphatic heterocycles. The monoisotopic (exact) mass is 176 g/mol. The first kappa shape index (κ1) is 7.53. The normalized spacial score (nSPS) is 10.2. The van der Waals surface area contributed by atoms with E-state index in [0.29, 0.717) is 11.0 Å². The molecule has 64 valence electrons. The van der Waals surface area contributed by atoms with E-state index in [9.17, 15) is 4.79 Å². The Kier molecular flexibility index (Phi) is 1.59. The number of hydrogen-bond donors (Lipinski definition) is 1. The van der Waals surface area contributed by atoms with Crippen LogP contribution in [0.4, 0.5) is 0 Å². The standard InChI is InChI=1S/C7H4N4O2/c12-7(13)5-1-4-6(2-8-5)11-10-3-9-4/h1-3H,(H,12,13). The van der Waals surface area contributed by atoms with Crippen LogP contribution in [0.3, 0.4) is 0 Å². The lowest BCUT2D eigenvalue weighted by molar-refractivity contribution is 0.0690. The van der Waals surface area contributed by atoms with E-state index in [2.05, 4.69) is 20.2 Å². The van der Waals surface area contributed by atoms with E-state index in [4.69, 9.17) is 5.11 Å². The van der Waals surface area contributed by atoms with Crippen molar-refractivity contribution < 1.29 is 9.90 Å². The van der Waals surface area contributed by atoms with E-state index in [-0.39, 0.29) is 5.69 Å². The van der Waals surface area contributed by atoms with Gasteiger partial charge in [-0.1, -0.05) is 0 Å². The molecule has 0 bridgehead atoms. The molecule has 0 amide bonds. The molecule has 2 rings (SSSR count). The molecule has 2 aromatic heterocycles. The molecule has 0 saturated carbocycles. The lowest BCUT2D eigenvalue weighted by atomic mass is 10.3. The number of pyridine rings is 1. The van der Waals surface area contributed by atoms with E-state index in [1.807, 2.05) is 0 Å². The summed E-state index contributed by atoms with van der Waals surface area (Å²) in [7, 11) is 0. The summed E-state index contributed by atoms with van der Waals surface area (Å²) in [6, 6.07) is 1.35. The number of nitrogens with zero attached hydrogens (tertiary/aromatic N) is 4. The molecule has 0 unspecified atom stereocenters. The van der Waals surface area contributed by atoms with Crippen LogP contribution in [0.5, 0.6) is 0 Å². The molecular weight excluding hydrogens is 172 g/mol. The maximum absolute atomic E-state index is 10.5. The van der Waals surface area contributed by atoms with Gasteiger partial charge in [-0.2, -0.15) is 0 Å². The number of carboxylic acid groups (broad SMARTS) is 1. The first-order chi connectivity index (χ1) is 6.27. The molecule has 0 aliphatic rings. The van der Waals surface area contributed by atoms with Crippen molar-refractivity contribution in [2.24, 2.45) is 0 Å². The molecule has 6 heteroatoms. The lowest BCUT2D eigenvalue weighted by Gasteiger charge is -1.94. The van der Waals surface area contributed by atoms with Crippen LogP contribution in [-0.2, 0) is 0 Å². The zero-order valence-corrected chi connectivity index (χ0v) is 6.38. The second-order valence-electron chi connectivity index (χ2n) is 2.32. The number of aromatic carboxylic acids is 1. The van der Waals surface area contributed by atoms with Gasteiger partial charge in [0.2, 0.25) is 0 Å². The van der Waals surface area contributed by atoms with Crippen molar-refractivity contribution in [3.8, 4) is 0 Å². The molecule has 0 atom stereocenters. The smallest absolute Gasteiger partial charge is 0.354 e. The fourth-order valence-corrected chi connectivity index (χ4v) is 0.911. The average molecular weight is 176 g/mol. The average Bonchev–Trinajstić information content (AvgIpc) is 2.17. The molecule has 0 radical (unpaired) electrons. The second kappa shape index (κ2) is 2.74. The van der Waals surface area contributed by atoms with Crippen LogP contribution in [0, 0.1) is 0 Å². The van der Waals surface area contributed by atoms with Crippen LogP contribution in [0.2, 0.25) is 0 Å². The van der Waals surface area contributed by atoms with Crippen molar-refractivity contribution in [3.63, 3.8) is 0 Å². The van der Waals surface area contributed by atoms with Crippen molar-refractivity contribution in [2.75, 3.05) is 0 Å². The van der Waals surface area contributed by atoms with Crippen molar-refractivity contribution in [2.45, 2.75) is 0 Å². The van der Waals surface area contributed by atoms with Gasteiger partial charge in [-0.05, 0) is 6.07 Å². The first-order valence-electron chi connectivity index (χ1n) is 3.44. The third-order valence-electron chi connectivity index (χ3n) is 1.49. The second-order valence-corrected chi connectivity index (χ2v) is 2.32. The number of rotatable bonds is 1. The van der Waals surface area contributed by atoms with Gasteiger partial charge in [0.05, 0.1) is 11.7 Å². The Morgan fingerprint density at radius 3 is 2.92 bits per heavy atom. The molecule has 0 aliphatic carbocycles. The maximum Gasteiger partial charge on any atom is 0.354 e. The molecule has 0 saturated heterocycles. The van der Waals surface area contributed by atoms with Crippen LogP contribution < -0.4 is 0 Å². The lowest BCUT2D eigenvalue weighted by Crippen LogP contribution is -2.00. The Bertz CT molecular complexity index is 471. The number of carboxylic acids is 1. The third-order valence-corrected chi connectivity index (χ3v) is 1.49. The minimum Gasteiger partial charge on any atom is -0.477 e. The van der Waals surface area contributed by atoms with Gasteiger partial charge >= 0.3 is 5.97 Å². The van der Waals surface area contributed by atoms with Crippen LogP contribution in [0.1, 0.15) is 10.5 Å².